The molecule has 1 aromatic rings. The zero-order valence-corrected chi connectivity index (χ0v) is 10.8. The summed E-state index contributed by atoms with van der Waals surface area (Å²) in [5.74, 6) is 1.91. The van der Waals surface area contributed by atoms with Crippen LogP contribution >= 0.6 is 27.7 Å². The monoisotopic (exact) mass is 296 g/mol. The quantitative estimate of drug-likeness (QED) is 0.798. The van der Waals surface area contributed by atoms with E-state index in [2.05, 4.69) is 21.0 Å². The Morgan fingerprint density at radius 2 is 2.12 bits per heavy atom. The van der Waals surface area contributed by atoms with Crippen LogP contribution in [0.1, 0.15) is 0 Å². The molecule has 1 atom stereocenters. The van der Waals surface area contributed by atoms with Crippen molar-refractivity contribution in [2.75, 3.05) is 16.5 Å². The van der Waals surface area contributed by atoms with Crippen LogP contribution in [0.2, 0.25) is 0 Å². The van der Waals surface area contributed by atoms with Crippen molar-refractivity contribution < 1.29 is 4.79 Å². The first-order valence-corrected chi connectivity index (χ1v) is 6.95. The molecule has 3 nitrogen and oxygen atoms in total. The highest BCUT2D eigenvalue weighted by atomic mass is 79.9. The van der Waals surface area contributed by atoms with E-state index in [4.69, 9.17) is 0 Å². The molecule has 0 aliphatic carbocycles. The predicted molar refractivity (Wildman–Crippen MR) is 69.9 cm³/mol. The number of thioether (sulfide) groups is 1. The number of rotatable bonds is 1. The van der Waals surface area contributed by atoms with Gasteiger partial charge in [0.15, 0.2) is 0 Å². The van der Waals surface area contributed by atoms with Crippen molar-refractivity contribution in [3.63, 3.8) is 0 Å². The lowest BCUT2D eigenvalue weighted by atomic mass is 10.1. The summed E-state index contributed by atoms with van der Waals surface area (Å²) in [5, 5.41) is 5.93. The van der Waals surface area contributed by atoms with Crippen LogP contribution in [-0.4, -0.2) is 23.1 Å². The van der Waals surface area contributed by atoms with E-state index in [1.54, 1.807) is 11.8 Å². The number of hydrogen-bond donors (Lipinski definition) is 0. The van der Waals surface area contributed by atoms with Gasteiger partial charge >= 0.3 is 0 Å². The molecule has 1 aromatic carbocycles. The molecule has 0 spiro atoms. The minimum Gasteiger partial charge on any atom is -0.272 e. The normalized spacial score (nSPS) is 23.6. The van der Waals surface area contributed by atoms with Gasteiger partial charge in [0.1, 0.15) is 0 Å². The summed E-state index contributed by atoms with van der Waals surface area (Å²) in [4.78, 5) is 12.1. The second kappa shape index (κ2) is 3.89. The van der Waals surface area contributed by atoms with Gasteiger partial charge < -0.3 is 0 Å². The van der Waals surface area contributed by atoms with Gasteiger partial charge in [-0.25, -0.2) is 5.01 Å². The van der Waals surface area contributed by atoms with E-state index in [0.29, 0.717) is 0 Å². The number of carbonyl (C=O) groups excluding carboxylic acids is 1. The third-order valence-electron chi connectivity index (χ3n) is 2.74. The number of halogens is 1. The second-order valence-corrected chi connectivity index (χ2v) is 5.73. The fourth-order valence-corrected chi connectivity index (χ4v) is 3.30. The van der Waals surface area contributed by atoms with E-state index in [9.17, 15) is 4.79 Å². The van der Waals surface area contributed by atoms with Gasteiger partial charge in [-0.15, -0.1) is 0 Å². The van der Waals surface area contributed by atoms with E-state index in [-0.39, 0.29) is 11.8 Å². The molecule has 0 radical (unpaired) electrons. The maximum absolute atomic E-state index is 12.1. The minimum absolute atomic E-state index is 0.0219. The zero-order valence-electron chi connectivity index (χ0n) is 8.39. The van der Waals surface area contributed by atoms with Crippen molar-refractivity contribution >= 4 is 45.0 Å². The van der Waals surface area contributed by atoms with Crippen LogP contribution in [-0.2, 0) is 4.79 Å². The number of hydrazone groups is 1. The first-order chi connectivity index (χ1) is 7.75. The number of carbonyl (C=O) groups is 1. The summed E-state index contributed by atoms with van der Waals surface area (Å²) >= 11 is 5.16. The Labute approximate surface area is 106 Å². The van der Waals surface area contributed by atoms with Crippen LogP contribution in [0, 0.1) is 5.92 Å². The SMILES string of the molecule is O=C1C2CSCC2=NN1c1ccc(Br)cc1. The molecule has 1 amide bonds. The van der Waals surface area contributed by atoms with E-state index >= 15 is 0 Å². The topological polar surface area (TPSA) is 32.7 Å². The molecule has 1 fully saturated rings. The second-order valence-electron chi connectivity index (χ2n) is 3.79. The smallest absolute Gasteiger partial charge is 0.257 e. The number of benzene rings is 1. The van der Waals surface area contributed by atoms with Crippen molar-refractivity contribution in [1.29, 1.82) is 0 Å². The fourth-order valence-electron chi connectivity index (χ4n) is 1.88. The van der Waals surface area contributed by atoms with Gasteiger partial charge in [0.25, 0.3) is 5.91 Å². The maximum Gasteiger partial charge on any atom is 0.257 e. The molecule has 2 aliphatic heterocycles. The molecule has 1 unspecified atom stereocenters. The minimum atomic E-state index is 0.0219. The number of anilines is 1. The zero-order chi connectivity index (χ0) is 11.1. The molecule has 16 heavy (non-hydrogen) atoms. The molecule has 0 N–H and O–H groups in total. The van der Waals surface area contributed by atoms with Gasteiger partial charge in [0.2, 0.25) is 0 Å². The number of nitrogens with zero attached hydrogens (tertiary/aromatic N) is 2. The third kappa shape index (κ3) is 1.58. The van der Waals surface area contributed by atoms with Crippen molar-refractivity contribution in [1.82, 2.24) is 0 Å². The van der Waals surface area contributed by atoms with Crippen LogP contribution in [0.5, 0.6) is 0 Å². The molecule has 5 heteroatoms. The molecule has 82 valence electrons. The molecule has 0 saturated carbocycles. The van der Waals surface area contributed by atoms with Crippen molar-refractivity contribution in [3.8, 4) is 0 Å². The summed E-state index contributed by atoms with van der Waals surface area (Å²) in [6.45, 7) is 0. The summed E-state index contributed by atoms with van der Waals surface area (Å²) in [5.41, 5.74) is 1.87. The molecule has 2 aliphatic rings. The molecule has 3 rings (SSSR count). The Kier molecular flexibility index (Phi) is 2.52. The third-order valence-corrected chi connectivity index (χ3v) is 4.34. The Morgan fingerprint density at radius 3 is 2.81 bits per heavy atom. The van der Waals surface area contributed by atoms with Crippen LogP contribution < -0.4 is 5.01 Å². The van der Waals surface area contributed by atoms with Crippen molar-refractivity contribution in [3.05, 3.63) is 28.7 Å². The van der Waals surface area contributed by atoms with Crippen LogP contribution in [0.3, 0.4) is 0 Å². The van der Waals surface area contributed by atoms with Gasteiger partial charge in [-0.05, 0) is 24.3 Å². The first kappa shape index (κ1) is 10.4. The standard InChI is InChI=1S/C11H9BrN2OS/c12-7-1-3-8(4-2-7)14-11(15)9-5-16-6-10(9)13-14/h1-4,9H,5-6H2. The Balaban J connectivity index is 1.94. The lowest BCUT2D eigenvalue weighted by Gasteiger charge is -2.13. The summed E-state index contributed by atoms with van der Waals surface area (Å²) < 4.78 is 1.01. The molecular formula is C11H9BrN2OS. The largest absolute Gasteiger partial charge is 0.272 e. The highest BCUT2D eigenvalue weighted by Crippen LogP contribution is 2.32. The summed E-state index contributed by atoms with van der Waals surface area (Å²) in [7, 11) is 0. The first-order valence-electron chi connectivity index (χ1n) is 5.00. The van der Waals surface area contributed by atoms with Crippen LogP contribution in [0.4, 0.5) is 5.69 Å². The average Bonchev–Trinajstić information content (AvgIpc) is 2.84. The summed E-state index contributed by atoms with van der Waals surface area (Å²) in [6.07, 6.45) is 0. The lowest BCUT2D eigenvalue weighted by Crippen LogP contribution is -2.27. The van der Waals surface area contributed by atoms with Gasteiger partial charge in [-0.2, -0.15) is 16.9 Å². The highest BCUT2D eigenvalue weighted by Gasteiger charge is 2.39. The van der Waals surface area contributed by atoms with Crippen LogP contribution in [0.15, 0.2) is 33.8 Å². The Morgan fingerprint density at radius 1 is 1.38 bits per heavy atom. The van der Waals surface area contributed by atoms with Gasteiger partial charge in [0.05, 0.1) is 17.3 Å². The number of fused-ring (bicyclic) bond motifs is 1. The number of amides is 1. The number of hydrogen-bond acceptors (Lipinski definition) is 3. The van der Waals surface area contributed by atoms with E-state index < -0.39 is 0 Å². The molecule has 2 heterocycles. The fraction of sp³-hybridized carbons (Fsp3) is 0.273. The molecule has 0 bridgehead atoms. The maximum atomic E-state index is 12.1. The highest BCUT2D eigenvalue weighted by molar-refractivity contribution is 9.10. The molecule has 1 saturated heterocycles. The van der Waals surface area contributed by atoms with E-state index in [0.717, 1.165) is 27.4 Å². The Hall–Kier alpha value is -0.810. The van der Waals surface area contributed by atoms with Gasteiger partial charge in [-0.3, -0.25) is 4.79 Å². The predicted octanol–water partition coefficient (Wildman–Crippen LogP) is 2.51. The van der Waals surface area contributed by atoms with E-state index in [1.165, 1.54) is 5.01 Å². The van der Waals surface area contributed by atoms with Gasteiger partial charge in [-0.1, -0.05) is 15.9 Å². The van der Waals surface area contributed by atoms with Crippen molar-refractivity contribution in [2.45, 2.75) is 0 Å². The average molecular weight is 297 g/mol. The summed E-state index contributed by atoms with van der Waals surface area (Å²) in [6, 6.07) is 7.65. The van der Waals surface area contributed by atoms with Crippen molar-refractivity contribution in [2.24, 2.45) is 11.0 Å². The van der Waals surface area contributed by atoms with Crippen LogP contribution in [0.25, 0.3) is 0 Å². The van der Waals surface area contributed by atoms with Gasteiger partial charge in [0, 0.05) is 16.0 Å². The lowest BCUT2D eigenvalue weighted by molar-refractivity contribution is -0.119. The molecule has 0 aromatic heterocycles. The molecular weight excluding hydrogens is 288 g/mol. The van der Waals surface area contributed by atoms with E-state index in [1.807, 2.05) is 24.3 Å². The Bertz CT molecular complexity index is 471.